The van der Waals surface area contributed by atoms with Crippen molar-refractivity contribution in [2.45, 2.75) is 53.4 Å². The molecule has 0 heterocycles. The largest absolute Gasteiger partial charge is 0.274 e. The first-order valence-corrected chi connectivity index (χ1v) is 16.6. The minimum Gasteiger partial charge on any atom is -0.274 e. The van der Waals surface area contributed by atoms with Crippen molar-refractivity contribution < 1.29 is 24.0 Å². The summed E-state index contributed by atoms with van der Waals surface area (Å²) < 4.78 is 2.89. The van der Waals surface area contributed by atoms with Crippen molar-refractivity contribution in [3.05, 3.63) is 12.2 Å². The van der Waals surface area contributed by atoms with Gasteiger partial charge in [0.05, 0.1) is 0 Å². The minimum absolute atomic E-state index is 0.0885. The second kappa shape index (κ2) is 16.1. The SMILES string of the molecule is C=C(C)C(=O)NCCCCCC(=O)[NH][Ga][I].CC(=O)N(C(C)=O)C(C)=O. The van der Waals surface area contributed by atoms with Crippen LogP contribution in [0, 0.1) is 0 Å². The number of halogens is 1. The van der Waals surface area contributed by atoms with Gasteiger partial charge in [-0.25, -0.2) is 4.90 Å². The summed E-state index contributed by atoms with van der Waals surface area (Å²) >= 11 is 1.73. The van der Waals surface area contributed by atoms with E-state index in [-0.39, 0.29) is 11.8 Å². The Kier molecular flexibility index (Phi) is 16.7. The molecule has 0 aromatic rings. The van der Waals surface area contributed by atoms with E-state index < -0.39 is 31.8 Å². The molecule has 0 atom stereocenters. The molecule has 10 heteroatoms. The third-order valence-corrected chi connectivity index (χ3v) is 5.44. The molecule has 0 aliphatic carbocycles. The molecular formula is C16H26GaIN3O5. The van der Waals surface area contributed by atoms with Crippen molar-refractivity contribution in [1.82, 2.24) is 14.2 Å². The molecule has 8 nitrogen and oxygen atoms in total. The van der Waals surface area contributed by atoms with Gasteiger partial charge in [-0.05, 0) is 0 Å². The molecule has 0 unspecified atom stereocenters. The summed E-state index contributed by atoms with van der Waals surface area (Å²) in [5, 5.41) is 2.76. The van der Waals surface area contributed by atoms with E-state index in [0.29, 0.717) is 23.4 Å². The van der Waals surface area contributed by atoms with E-state index in [2.05, 4.69) is 35.6 Å². The summed E-state index contributed by atoms with van der Waals surface area (Å²) in [6.07, 6.45) is 3.38. The molecule has 0 fully saturated rings. The molecule has 5 amide bonds. The summed E-state index contributed by atoms with van der Waals surface area (Å²) in [7, 11) is 0. The second-order valence-electron chi connectivity index (χ2n) is 5.42. The molecule has 0 aromatic carbocycles. The standard InChI is InChI=1S/C10H18N2O2.C6H9NO3.Ga.HI/c1-8(2)10(14)12-7-5-3-4-6-9(11)13;1-4(8)7(5(2)9)6(3)10;;/h1,3-7H2,2H3,(H3,11,12,13,14);1-3H3;;1H/q;;+2;/p-2. The molecule has 1 radical (unpaired) electrons. The summed E-state index contributed by atoms with van der Waals surface area (Å²) in [4.78, 5) is 54.3. The summed E-state index contributed by atoms with van der Waals surface area (Å²) in [5.41, 5.74) is 0.534. The van der Waals surface area contributed by atoms with Gasteiger partial charge in [-0.2, -0.15) is 0 Å². The van der Waals surface area contributed by atoms with Gasteiger partial charge in [0.25, 0.3) is 0 Å². The topological polar surface area (TPSA) is 113 Å². The molecule has 0 spiro atoms. The van der Waals surface area contributed by atoms with Crippen molar-refractivity contribution >= 4 is 63.3 Å². The van der Waals surface area contributed by atoms with Gasteiger partial charge in [0.2, 0.25) is 17.7 Å². The first-order chi connectivity index (χ1) is 12.0. The maximum atomic E-state index is 11.1. The van der Waals surface area contributed by atoms with Gasteiger partial charge in [-0.15, -0.1) is 0 Å². The van der Waals surface area contributed by atoms with Crippen LogP contribution in [0.3, 0.4) is 0 Å². The molecule has 0 bridgehead atoms. The van der Waals surface area contributed by atoms with Crippen molar-refractivity contribution in [1.29, 1.82) is 0 Å². The van der Waals surface area contributed by atoms with E-state index >= 15 is 0 Å². The van der Waals surface area contributed by atoms with E-state index in [4.69, 9.17) is 0 Å². The number of hydrogen-bond donors (Lipinski definition) is 2. The van der Waals surface area contributed by atoms with E-state index in [1.54, 1.807) is 6.92 Å². The summed E-state index contributed by atoms with van der Waals surface area (Å²) in [6, 6.07) is 0. The van der Waals surface area contributed by atoms with Gasteiger partial charge in [-0.3, -0.25) is 14.4 Å². The zero-order chi connectivity index (χ0) is 20.7. The molecule has 0 saturated heterocycles. The molecule has 0 aliphatic rings. The number of nitrogens with one attached hydrogen (secondary N) is 2. The Hall–Kier alpha value is -1.14. The molecule has 0 rings (SSSR count). The Balaban J connectivity index is 0. The fraction of sp³-hybridized carbons (Fsp3) is 0.562. The Morgan fingerprint density at radius 1 is 0.923 bits per heavy atom. The zero-order valence-corrected chi connectivity index (χ0v) is 20.3. The third kappa shape index (κ3) is 15.1. The van der Waals surface area contributed by atoms with Crippen LogP contribution >= 0.6 is 19.7 Å². The fourth-order valence-corrected chi connectivity index (χ4v) is 4.10. The maximum absolute atomic E-state index is 11.1. The van der Waals surface area contributed by atoms with Crippen LogP contribution in [-0.2, 0) is 24.0 Å². The van der Waals surface area contributed by atoms with Crippen LogP contribution in [0.1, 0.15) is 53.4 Å². The molecular weight excluding hydrogens is 511 g/mol. The number of carbonyl (C=O) groups excluding carboxylic acids is 5. The van der Waals surface area contributed by atoms with Crippen LogP contribution in [-0.4, -0.2) is 55.1 Å². The molecule has 0 saturated carbocycles. The third-order valence-electron chi connectivity index (χ3n) is 2.91. The molecule has 145 valence electrons. The van der Waals surface area contributed by atoms with Crippen LogP contribution in [0.4, 0.5) is 0 Å². The number of imide groups is 3. The van der Waals surface area contributed by atoms with E-state index in [9.17, 15) is 24.0 Å². The van der Waals surface area contributed by atoms with Crippen molar-refractivity contribution in [2.75, 3.05) is 6.54 Å². The first kappa shape index (κ1) is 27.1. The van der Waals surface area contributed by atoms with Crippen LogP contribution in [0.25, 0.3) is 0 Å². The Bertz CT molecular complexity index is 507. The van der Waals surface area contributed by atoms with Crippen LogP contribution in [0.5, 0.6) is 0 Å². The maximum Gasteiger partial charge on any atom is 0.232 e. The molecule has 2 N–H and O–H groups in total. The predicted octanol–water partition coefficient (Wildman–Crippen LogP) is 1.25. The number of hydrogen-bond acceptors (Lipinski definition) is 5. The Morgan fingerprint density at radius 2 is 1.42 bits per heavy atom. The number of rotatable bonds is 8. The normalized spacial score (nSPS) is 9.12. The van der Waals surface area contributed by atoms with E-state index in [1.165, 1.54) is 20.8 Å². The average Bonchev–Trinajstić information content (AvgIpc) is 2.49. The van der Waals surface area contributed by atoms with Crippen molar-refractivity contribution in [3.8, 4) is 0 Å². The van der Waals surface area contributed by atoms with E-state index in [0.717, 1.165) is 19.3 Å². The van der Waals surface area contributed by atoms with Crippen LogP contribution in [0.15, 0.2) is 12.2 Å². The zero-order valence-electron chi connectivity index (χ0n) is 15.7. The summed E-state index contributed by atoms with van der Waals surface area (Å²) in [5.74, 6) is -1.55. The Labute approximate surface area is 173 Å². The minimum atomic E-state index is -0.542. The van der Waals surface area contributed by atoms with Gasteiger partial charge in [0, 0.05) is 20.8 Å². The monoisotopic (exact) mass is 536 g/mol. The molecule has 26 heavy (non-hydrogen) atoms. The van der Waals surface area contributed by atoms with Gasteiger partial charge in [0.15, 0.2) is 0 Å². The quantitative estimate of drug-likeness (QED) is 0.210. The first-order valence-electron chi connectivity index (χ1n) is 8.01. The average molecular weight is 537 g/mol. The van der Waals surface area contributed by atoms with Crippen LogP contribution < -0.4 is 9.34 Å². The van der Waals surface area contributed by atoms with Crippen molar-refractivity contribution in [3.63, 3.8) is 0 Å². The summed E-state index contributed by atoms with van der Waals surface area (Å²) in [6.45, 7) is 9.41. The van der Waals surface area contributed by atoms with Crippen LogP contribution in [0.2, 0.25) is 0 Å². The number of amides is 5. The molecule has 0 aliphatic heterocycles. The van der Waals surface area contributed by atoms with Crippen molar-refractivity contribution in [2.24, 2.45) is 0 Å². The molecule has 0 aromatic heterocycles. The predicted molar refractivity (Wildman–Crippen MR) is 108 cm³/mol. The fourth-order valence-electron chi connectivity index (χ4n) is 1.74. The van der Waals surface area contributed by atoms with Gasteiger partial charge < -0.3 is 0 Å². The van der Waals surface area contributed by atoms with E-state index in [1.807, 2.05) is 0 Å². The number of carbonyl (C=O) groups is 5. The number of unbranched alkanes of at least 4 members (excludes halogenated alkanes) is 2. The Morgan fingerprint density at radius 3 is 1.77 bits per heavy atom. The van der Waals surface area contributed by atoms with Gasteiger partial charge in [-0.1, -0.05) is 0 Å². The number of nitrogens with zero attached hydrogens (tertiary/aromatic N) is 1. The smallest absolute Gasteiger partial charge is 0.232 e. The van der Waals surface area contributed by atoms with Gasteiger partial charge in [0.1, 0.15) is 0 Å². The van der Waals surface area contributed by atoms with Gasteiger partial charge >= 0.3 is 116 Å². The second-order valence-corrected chi connectivity index (χ2v) is 9.72.